The van der Waals surface area contributed by atoms with Crippen LogP contribution in [0.2, 0.25) is 0 Å². The molecule has 1 saturated heterocycles. The maximum atomic E-state index is 8.98. The van der Waals surface area contributed by atoms with Crippen molar-refractivity contribution in [3.63, 3.8) is 0 Å². The summed E-state index contributed by atoms with van der Waals surface area (Å²) in [6, 6.07) is 2.30. The van der Waals surface area contributed by atoms with Gasteiger partial charge in [0.05, 0.1) is 12.7 Å². The Morgan fingerprint density at radius 3 is 2.85 bits per heavy atom. The van der Waals surface area contributed by atoms with E-state index in [0.717, 1.165) is 19.5 Å². The summed E-state index contributed by atoms with van der Waals surface area (Å²) in [4.78, 5) is 2.09. The standard InChI is InChI=1S/C9H17N3O/c1-12(2)5-4-11-9(7-10)3-6-13-8-9/h11H,3-6,8H2,1-2H3. The first kappa shape index (κ1) is 10.5. The molecule has 1 aliphatic heterocycles. The summed E-state index contributed by atoms with van der Waals surface area (Å²) in [5, 5.41) is 12.2. The normalized spacial score (nSPS) is 27.8. The van der Waals surface area contributed by atoms with Gasteiger partial charge in [-0.05, 0) is 14.1 Å². The van der Waals surface area contributed by atoms with E-state index in [4.69, 9.17) is 10.00 Å². The summed E-state index contributed by atoms with van der Waals surface area (Å²) in [7, 11) is 4.04. The smallest absolute Gasteiger partial charge is 0.132 e. The number of hydrogen-bond donors (Lipinski definition) is 1. The molecule has 74 valence electrons. The van der Waals surface area contributed by atoms with Gasteiger partial charge in [0.15, 0.2) is 0 Å². The average Bonchev–Trinajstić information content (AvgIpc) is 2.53. The second-order valence-corrected chi connectivity index (χ2v) is 3.73. The Balaban J connectivity index is 2.29. The maximum Gasteiger partial charge on any atom is 0.132 e. The molecule has 1 atom stereocenters. The van der Waals surface area contributed by atoms with E-state index in [9.17, 15) is 0 Å². The third-order valence-electron chi connectivity index (χ3n) is 2.26. The molecule has 0 aromatic rings. The molecule has 1 aliphatic rings. The fraction of sp³-hybridized carbons (Fsp3) is 0.889. The molecule has 0 aromatic carbocycles. The Labute approximate surface area is 79.5 Å². The van der Waals surface area contributed by atoms with Gasteiger partial charge >= 0.3 is 0 Å². The van der Waals surface area contributed by atoms with Gasteiger partial charge in [-0.3, -0.25) is 5.32 Å². The maximum absolute atomic E-state index is 8.98. The molecular weight excluding hydrogens is 166 g/mol. The van der Waals surface area contributed by atoms with Crippen molar-refractivity contribution in [1.29, 1.82) is 5.26 Å². The molecule has 1 unspecified atom stereocenters. The minimum absolute atomic E-state index is 0.421. The van der Waals surface area contributed by atoms with Crippen molar-refractivity contribution in [1.82, 2.24) is 10.2 Å². The highest BCUT2D eigenvalue weighted by atomic mass is 16.5. The lowest BCUT2D eigenvalue weighted by molar-refractivity contribution is 0.179. The van der Waals surface area contributed by atoms with Gasteiger partial charge in [-0.2, -0.15) is 5.26 Å². The molecule has 0 bridgehead atoms. The van der Waals surface area contributed by atoms with E-state index in [1.54, 1.807) is 0 Å². The van der Waals surface area contributed by atoms with Crippen molar-refractivity contribution < 1.29 is 4.74 Å². The van der Waals surface area contributed by atoms with Crippen molar-refractivity contribution in [2.75, 3.05) is 40.4 Å². The average molecular weight is 183 g/mol. The molecule has 0 saturated carbocycles. The first-order chi connectivity index (χ1) is 6.18. The largest absolute Gasteiger partial charge is 0.378 e. The SMILES string of the molecule is CN(C)CCNC1(C#N)CCOC1. The molecule has 4 nitrogen and oxygen atoms in total. The Morgan fingerprint density at radius 1 is 1.62 bits per heavy atom. The topological polar surface area (TPSA) is 48.3 Å². The van der Waals surface area contributed by atoms with Gasteiger partial charge in [0.1, 0.15) is 5.54 Å². The zero-order valence-corrected chi connectivity index (χ0v) is 8.34. The number of hydrogen-bond acceptors (Lipinski definition) is 4. The fourth-order valence-electron chi connectivity index (χ4n) is 1.35. The van der Waals surface area contributed by atoms with Crippen LogP contribution in [0.3, 0.4) is 0 Å². The molecule has 0 aliphatic carbocycles. The van der Waals surface area contributed by atoms with Crippen LogP contribution in [0.25, 0.3) is 0 Å². The van der Waals surface area contributed by atoms with Crippen LogP contribution in [0.5, 0.6) is 0 Å². The minimum Gasteiger partial charge on any atom is -0.378 e. The van der Waals surface area contributed by atoms with Crippen molar-refractivity contribution in [2.24, 2.45) is 0 Å². The number of nitriles is 1. The van der Waals surface area contributed by atoms with E-state index in [1.807, 2.05) is 14.1 Å². The molecule has 0 spiro atoms. The third-order valence-corrected chi connectivity index (χ3v) is 2.26. The first-order valence-corrected chi connectivity index (χ1v) is 4.57. The van der Waals surface area contributed by atoms with Crippen LogP contribution in [0, 0.1) is 11.3 Å². The van der Waals surface area contributed by atoms with E-state index in [-0.39, 0.29) is 0 Å². The monoisotopic (exact) mass is 183 g/mol. The van der Waals surface area contributed by atoms with Crippen LogP contribution in [0.1, 0.15) is 6.42 Å². The van der Waals surface area contributed by atoms with Gasteiger partial charge in [0.25, 0.3) is 0 Å². The molecule has 0 radical (unpaired) electrons. The van der Waals surface area contributed by atoms with Crippen molar-refractivity contribution in [3.8, 4) is 6.07 Å². The van der Waals surface area contributed by atoms with E-state index in [0.29, 0.717) is 13.2 Å². The fourth-order valence-corrected chi connectivity index (χ4v) is 1.35. The van der Waals surface area contributed by atoms with E-state index < -0.39 is 5.54 Å². The van der Waals surface area contributed by atoms with Gasteiger partial charge in [0.2, 0.25) is 0 Å². The summed E-state index contributed by atoms with van der Waals surface area (Å²) in [6.07, 6.45) is 0.803. The summed E-state index contributed by atoms with van der Waals surface area (Å²) in [6.45, 7) is 3.01. The molecule has 4 heteroatoms. The zero-order chi connectivity index (χ0) is 9.73. The van der Waals surface area contributed by atoms with Crippen LogP contribution in [0.4, 0.5) is 0 Å². The number of likely N-dealkylation sites (N-methyl/N-ethyl adjacent to an activating group) is 1. The van der Waals surface area contributed by atoms with Gasteiger partial charge in [-0.15, -0.1) is 0 Å². The van der Waals surface area contributed by atoms with Gasteiger partial charge < -0.3 is 9.64 Å². The second kappa shape index (κ2) is 4.56. The van der Waals surface area contributed by atoms with Crippen LogP contribution in [0.15, 0.2) is 0 Å². The highest BCUT2D eigenvalue weighted by Gasteiger charge is 2.34. The van der Waals surface area contributed by atoms with Crippen LogP contribution < -0.4 is 5.32 Å². The predicted molar refractivity (Wildman–Crippen MR) is 50.3 cm³/mol. The summed E-state index contributed by atoms with van der Waals surface area (Å²) < 4.78 is 5.21. The number of nitrogens with one attached hydrogen (secondary N) is 1. The van der Waals surface area contributed by atoms with Crippen molar-refractivity contribution in [3.05, 3.63) is 0 Å². The Bertz CT molecular complexity index is 192. The van der Waals surface area contributed by atoms with Crippen molar-refractivity contribution in [2.45, 2.75) is 12.0 Å². The Morgan fingerprint density at radius 2 is 2.38 bits per heavy atom. The number of rotatable bonds is 4. The van der Waals surface area contributed by atoms with Crippen LogP contribution >= 0.6 is 0 Å². The van der Waals surface area contributed by atoms with Crippen LogP contribution in [-0.2, 0) is 4.74 Å². The lowest BCUT2D eigenvalue weighted by Gasteiger charge is -2.21. The number of ether oxygens (including phenoxy) is 1. The van der Waals surface area contributed by atoms with Crippen molar-refractivity contribution >= 4 is 0 Å². The molecule has 13 heavy (non-hydrogen) atoms. The molecule has 1 N–H and O–H groups in total. The Hall–Kier alpha value is -0.630. The predicted octanol–water partition coefficient (Wildman–Crippen LogP) is -0.180. The Kier molecular flexibility index (Phi) is 3.67. The second-order valence-electron chi connectivity index (χ2n) is 3.73. The molecule has 0 aromatic heterocycles. The van der Waals surface area contributed by atoms with E-state index in [2.05, 4.69) is 16.3 Å². The quantitative estimate of drug-likeness (QED) is 0.657. The van der Waals surface area contributed by atoms with E-state index >= 15 is 0 Å². The molecule has 1 fully saturated rings. The van der Waals surface area contributed by atoms with Gasteiger partial charge in [-0.25, -0.2) is 0 Å². The lowest BCUT2D eigenvalue weighted by atomic mass is 10.0. The highest BCUT2D eigenvalue weighted by molar-refractivity contribution is 5.09. The lowest BCUT2D eigenvalue weighted by Crippen LogP contribution is -2.46. The third kappa shape index (κ3) is 2.96. The summed E-state index contributed by atoms with van der Waals surface area (Å²) >= 11 is 0. The molecule has 1 rings (SSSR count). The van der Waals surface area contributed by atoms with Gasteiger partial charge in [-0.1, -0.05) is 0 Å². The summed E-state index contributed by atoms with van der Waals surface area (Å²) in [5.41, 5.74) is -0.421. The molecule has 0 amide bonds. The minimum atomic E-state index is -0.421. The van der Waals surface area contributed by atoms with E-state index in [1.165, 1.54) is 0 Å². The van der Waals surface area contributed by atoms with Crippen LogP contribution in [-0.4, -0.2) is 50.8 Å². The highest BCUT2D eigenvalue weighted by Crippen LogP contribution is 2.16. The first-order valence-electron chi connectivity index (χ1n) is 4.57. The molecule has 1 heterocycles. The summed E-state index contributed by atoms with van der Waals surface area (Å²) in [5.74, 6) is 0. The van der Waals surface area contributed by atoms with Gasteiger partial charge in [0, 0.05) is 26.1 Å². The zero-order valence-electron chi connectivity index (χ0n) is 8.34. The number of nitrogens with zero attached hydrogens (tertiary/aromatic N) is 2. The molecular formula is C9H17N3O.